The molecule has 2 rings (SSSR count). The average Bonchev–Trinajstić information content (AvgIpc) is 2.70. The number of rotatable bonds is 4. The van der Waals surface area contributed by atoms with E-state index in [2.05, 4.69) is 20.9 Å². The summed E-state index contributed by atoms with van der Waals surface area (Å²) in [5.74, 6) is -0.276. The number of thioether (sulfide) groups is 1. The first-order valence-electron chi connectivity index (χ1n) is 5.15. The molecule has 0 spiro atoms. The van der Waals surface area contributed by atoms with Crippen molar-refractivity contribution in [3.8, 4) is 0 Å². The number of carbonyl (C=O) groups is 1. The second kappa shape index (κ2) is 5.86. The van der Waals surface area contributed by atoms with E-state index in [0.29, 0.717) is 5.75 Å². The predicted molar refractivity (Wildman–Crippen MR) is 77.5 cm³/mol. The first kappa shape index (κ1) is 13.6. The molecule has 6 heteroatoms. The van der Waals surface area contributed by atoms with Crippen LogP contribution in [0.25, 0.3) is 0 Å². The summed E-state index contributed by atoms with van der Waals surface area (Å²) in [6.45, 7) is 1.79. The Kier molecular flexibility index (Phi) is 4.42. The van der Waals surface area contributed by atoms with Gasteiger partial charge in [-0.05, 0) is 35.0 Å². The molecule has 0 atom stereocenters. The molecule has 0 radical (unpaired) electrons. The molecule has 3 nitrogen and oxygen atoms in total. The molecule has 1 aromatic carbocycles. The van der Waals surface area contributed by atoms with E-state index in [-0.39, 0.29) is 5.69 Å². The summed E-state index contributed by atoms with van der Waals surface area (Å²) in [6.07, 6.45) is 0. The van der Waals surface area contributed by atoms with Crippen LogP contribution in [-0.2, 0) is 5.75 Å². The van der Waals surface area contributed by atoms with Crippen LogP contribution in [0.5, 0.6) is 0 Å². The number of aromatic carboxylic acids is 1. The molecule has 94 valence electrons. The summed E-state index contributed by atoms with van der Waals surface area (Å²) in [6, 6.07) is 7.94. The minimum atomic E-state index is -0.958. The highest BCUT2D eigenvalue weighted by Gasteiger charge is 2.14. The molecule has 0 unspecified atom stereocenters. The molecule has 0 fully saturated rings. The Balaban J connectivity index is 2.09. The zero-order valence-electron chi connectivity index (χ0n) is 9.51. The summed E-state index contributed by atoms with van der Waals surface area (Å²) < 4.78 is 1.04. The van der Waals surface area contributed by atoms with E-state index >= 15 is 0 Å². The Morgan fingerprint density at radius 2 is 2.22 bits per heavy atom. The molecule has 0 bridgehead atoms. The van der Waals surface area contributed by atoms with Crippen molar-refractivity contribution in [1.29, 1.82) is 0 Å². The first-order valence-corrected chi connectivity index (χ1v) is 7.74. The molecule has 18 heavy (non-hydrogen) atoms. The Bertz CT molecular complexity index is 583. The van der Waals surface area contributed by atoms with Gasteiger partial charge in [-0.25, -0.2) is 9.78 Å². The lowest BCUT2D eigenvalue weighted by molar-refractivity contribution is 0.0690. The third-order valence-corrected chi connectivity index (χ3v) is 5.42. The van der Waals surface area contributed by atoms with E-state index in [0.717, 1.165) is 19.3 Å². The number of carboxylic acid groups (broad SMARTS) is 1. The van der Waals surface area contributed by atoms with Crippen molar-refractivity contribution in [2.24, 2.45) is 0 Å². The van der Waals surface area contributed by atoms with E-state index in [1.807, 2.05) is 24.3 Å². The average molecular weight is 344 g/mol. The Labute approximate surface area is 121 Å². The highest BCUT2D eigenvalue weighted by atomic mass is 79.9. The molecule has 2 aromatic rings. The van der Waals surface area contributed by atoms with Gasteiger partial charge in [-0.3, -0.25) is 0 Å². The minimum absolute atomic E-state index is 0.169. The Hall–Kier alpha value is -0.850. The van der Waals surface area contributed by atoms with E-state index in [9.17, 15) is 4.79 Å². The minimum Gasteiger partial charge on any atom is -0.476 e. The molecule has 0 aliphatic heterocycles. The van der Waals surface area contributed by atoms with Gasteiger partial charge >= 0.3 is 5.97 Å². The van der Waals surface area contributed by atoms with Crippen molar-refractivity contribution in [1.82, 2.24) is 4.98 Å². The van der Waals surface area contributed by atoms with Gasteiger partial charge in [-0.15, -0.1) is 23.1 Å². The maximum absolute atomic E-state index is 10.9. The number of thiazole rings is 1. The topological polar surface area (TPSA) is 50.2 Å². The predicted octanol–water partition coefficient (Wildman–Crippen LogP) is 4.20. The monoisotopic (exact) mass is 343 g/mol. The standard InChI is InChI=1S/C12H10BrNO2S2/c1-7-11(12(15)16)14-10(18-7)6-17-9-5-3-2-4-8(9)13/h2-5H,6H2,1H3,(H,15,16). The van der Waals surface area contributed by atoms with Gasteiger partial charge < -0.3 is 5.11 Å². The zero-order chi connectivity index (χ0) is 13.1. The Morgan fingerprint density at radius 1 is 1.50 bits per heavy atom. The van der Waals surface area contributed by atoms with Crippen LogP contribution in [0, 0.1) is 6.92 Å². The van der Waals surface area contributed by atoms with Gasteiger partial charge in [0.05, 0.1) is 5.75 Å². The van der Waals surface area contributed by atoms with Crippen molar-refractivity contribution in [3.63, 3.8) is 0 Å². The van der Waals surface area contributed by atoms with Gasteiger partial charge in [0.15, 0.2) is 5.69 Å². The second-order valence-electron chi connectivity index (χ2n) is 3.54. The number of halogens is 1. The third kappa shape index (κ3) is 3.13. The molecule has 0 saturated carbocycles. The van der Waals surface area contributed by atoms with Crippen LogP contribution in [0.15, 0.2) is 33.6 Å². The molecular weight excluding hydrogens is 334 g/mol. The molecule has 0 saturated heterocycles. The van der Waals surface area contributed by atoms with E-state index < -0.39 is 5.97 Å². The molecular formula is C12H10BrNO2S2. The quantitative estimate of drug-likeness (QED) is 0.845. The number of hydrogen-bond acceptors (Lipinski definition) is 4. The number of aromatic nitrogens is 1. The number of nitrogens with zero attached hydrogens (tertiary/aromatic N) is 1. The smallest absolute Gasteiger partial charge is 0.355 e. The summed E-state index contributed by atoms with van der Waals surface area (Å²) in [5, 5.41) is 9.78. The summed E-state index contributed by atoms with van der Waals surface area (Å²) in [4.78, 5) is 16.9. The van der Waals surface area contributed by atoms with Gasteiger partial charge in [0, 0.05) is 14.2 Å². The zero-order valence-corrected chi connectivity index (χ0v) is 12.7. The lowest BCUT2D eigenvalue weighted by Gasteiger charge is -2.01. The van der Waals surface area contributed by atoms with Crippen molar-refractivity contribution in [3.05, 3.63) is 44.3 Å². The van der Waals surface area contributed by atoms with Gasteiger partial charge in [0.25, 0.3) is 0 Å². The van der Waals surface area contributed by atoms with Crippen LogP contribution in [0.3, 0.4) is 0 Å². The summed E-state index contributed by atoms with van der Waals surface area (Å²) in [7, 11) is 0. The fourth-order valence-corrected chi connectivity index (χ4v) is 3.90. The fourth-order valence-electron chi connectivity index (χ4n) is 1.41. The van der Waals surface area contributed by atoms with Crippen LogP contribution in [0.2, 0.25) is 0 Å². The van der Waals surface area contributed by atoms with Crippen molar-refractivity contribution in [2.45, 2.75) is 17.6 Å². The largest absolute Gasteiger partial charge is 0.476 e. The van der Waals surface area contributed by atoms with Gasteiger partial charge in [-0.2, -0.15) is 0 Å². The lowest BCUT2D eigenvalue weighted by atomic mass is 10.4. The van der Waals surface area contributed by atoms with E-state index in [4.69, 9.17) is 5.11 Å². The second-order valence-corrected chi connectivity index (χ2v) is 6.70. The molecule has 1 aromatic heterocycles. The number of hydrogen-bond donors (Lipinski definition) is 1. The van der Waals surface area contributed by atoms with Gasteiger partial charge in [0.2, 0.25) is 0 Å². The number of carboxylic acids is 1. The molecule has 0 amide bonds. The summed E-state index contributed by atoms with van der Waals surface area (Å²) >= 11 is 6.56. The number of benzene rings is 1. The highest BCUT2D eigenvalue weighted by molar-refractivity contribution is 9.10. The van der Waals surface area contributed by atoms with Crippen molar-refractivity contribution < 1.29 is 9.90 Å². The van der Waals surface area contributed by atoms with Crippen LogP contribution < -0.4 is 0 Å². The fraction of sp³-hybridized carbons (Fsp3) is 0.167. The van der Waals surface area contributed by atoms with Crippen molar-refractivity contribution >= 4 is 45.0 Å². The maximum atomic E-state index is 10.9. The first-order chi connectivity index (χ1) is 8.58. The highest BCUT2D eigenvalue weighted by Crippen LogP contribution is 2.31. The molecule has 0 aliphatic carbocycles. The SMILES string of the molecule is Cc1sc(CSc2ccccc2Br)nc1C(=O)O. The van der Waals surface area contributed by atoms with E-state index in [1.54, 1.807) is 18.7 Å². The van der Waals surface area contributed by atoms with Crippen LogP contribution in [0.4, 0.5) is 0 Å². The van der Waals surface area contributed by atoms with Gasteiger partial charge in [-0.1, -0.05) is 12.1 Å². The van der Waals surface area contributed by atoms with Crippen LogP contribution >= 0.6 is 39.0 Å². The lowest BCUT2D eigenvalue weighted by Crippen LogP contribution is -1.98. The van der Waals surface area contributed by atoms with Crippen molar-refractivity contribution in [2.75, 3.05) is 0 Å². The summed E-state index contributed by atoms with van der Waals surface area (Å²) in [5.41, 5.74) is 0.169. The van der Waals surface area contributed by atoms with E-state index in [1.165, 1.54) is 11.3 Å². The normalized spacial score (nSPS) is 10.6. The maximum Gasteiger partial charge on any atom is 0.355 e. The van der Waals surface area contributed by atoms with Crippen LogP contribution in [-0.4, -0.2) is 16.1 Å². The molecule has 0 aliphatic rings. The number of aryl methyl sites for hydroxylation is 1. The van der Waals surface area contributed by atoms with Gasteiger partial charge in [0.1, 0.15) is 5.01 Å². The molecule has 1 N–H and O–H groups in total. The molecule has 1 heterocycles. The Morgan fingerprint density at radius 3 is 2.83 bits per heavy atom. The van der Waals surface area contributed by atoms with Crippen LogP contribution in [0.1, 0.15) is 20.4 Å². The third-order valence-electron chi connectivity index (χ3n) is 2.23.